The molecule has 0 bridgehead atoms. The number of rotatable bonds is 7. The van der Waals surface area contributed by atoms with Crippen LogP contribution in [0, 0.1) is 0 Å². The number of benzene rings is 2. The highest BCUT2D eigenvalue weighted by Crippen LogP contribution is 2.25. The summed E-state index contributed by atoms with van der Waals surface area (Å²) < 4.78 is 6.00. The van der Waals surface area contributed by atoms with Crippen molar-refractivity contribution in [3.63, 3.8) is 0 Å². The number of hydrogen-bond acceptors (Lipinski definition) is 5. The summed E-state index contributed by atoms with van der Waals surface area (Å²) in [4.78, 5) is 24.2. The molecule has 2 N–H and O–H groups in total. The van der Waals surface area contributed by atoms with Crippen molar-refractivity contribution in [1.29, 1.82) is 0 Å². The van der Waals surface area contributed by atoms with Crippen molar-refractivity contribution in [3.8, 4) is 11.5 Å². The van der Waals surface area contributed by atoms with Crippen molar-refractivity contribution < 1.29 is 24.5 Å². The van der Waals surface area contributed by atoms with Crippen LogP contribution >= 0.6 is 22.6 Å². The molecule has 0 saturated carbocycles. The van der Waals surface area contributed by atoms with Crippen LogP contribution in [0.4, 0.5) is 0 Å². The Balaban J connectivity index is 2.10. The Kier molecular flexibility index (Phi) is 6.21. The van der Waals surface area contributed by atoms with Crippen molar-refractivity contribution in [1.82, 2.24) is 0 Å². The van der Waals surface area contributed by atoms with E-state index in [2.05, 4.69) is 0 Å². The summed E-state index contributed by atoms with van der Waals surface area (Å²) in [5.41, 5.74) is -2.02. The smallest absolute Gasteiger partial charge is 0.194 e. The van der Waals surface area contributed by atoms with Crippen molar-refractivity contribution in [2.75, 3.05) is 4.43 Å². The number of ether oxygens (including phenoxy) is 1. The third-order valence-corrected chi connectivity index (χ3v) is 5.26. The number of hydrogen-bond donors (Lipinski definition) is 2. The Morgan fingerprint density at radius 2 is 1.23 bits per heavy atom. The minimum atomic E-state index is -1.43. The van der Waals surface area contributed by atoms with E-state index in [1.54, 1.807) is 48.5 Å². The zero-order valence-electron chi connectivity index (χ0n) is 14.8. The second-order valence-corrected chi connectivity index (χ2v) is 7.54. The molecular weight excluding hydrogens is 447 g/mol. The zero-order chi connectivity index (χ0) is 19.5. The maximum atomic E-state index is 12.2. The summed E-state index contributed by atoms with van der Waals surface area (Å²) in [6, 6.07) is 12.9. The first-order valence-electron chi connectivity index (χ1n) is 8.03. The number of ketones is 2. The summed E-state index contributed by atoms with van der Waals surface area (Å²) in [6.07, 6.45) is 0. The molecule has 0 aliphatic rings. The third-order valence-electron chi connectivity index (χ3n) is 3.77. The maximum absolute atomic E-state index is 12.2. The Morgan fingerprint density at radius 1 is 0.846 bits per heavy atom. The Hall–Kier alpha value is -1.77. The minimum Gasteiger partial charge on any atom is -0.457 e. The summed E-state index contributed by atoms with van der Waals surface area (Å²) >= 11 is 1.97. The normalized spacial score (nSPS) is 13.8. The van der Waals surface area contributed by atoms with Crippen LogP contribution in [0.15, 0.2) is 48.5 Å². The van der Waals surface area contributed by atoms with Gasteiger partial charge in [-0.15, -0.1) is 0 Å². The molecule has 0 saturated heterocycles. The summed E-state index contributed by atoms with van der Waals surface area (Å²) in [5.74, 6) is 0.343. The molecule has 138 valence electrons. The summed E-state index contributed by atoms with van der Waals surface area (Å²) in [6.45, 7) is 4.37. The van der Waals surface area contributed by atoms with Crippen LogP contribution in [0.1, 0.15) is 41.5 Å². The van der Waals surface area contributed by atoms with Crippen molar-refractivity contribution in [3.05, 3.63) is 59.7 Å². The van der Waals surface area contributed by atoms with E-state index >= 15 is 0 Å². The lowest BCUT2D eigenvalue weighted by Gasteiger charge is -2.18. The number of aliphatic hydroxyl groups is 2. The Bertz CT molecular complexity index is 786. The molecule has 0 aliphatic heterocycles. The summed E-state index contributed by atoms with van der Waals surface area (Å²) in [7, 11) is 0. The fourth-order valence-corrected chi connectivity index (χ4v) is 2.56. The molecule has 0 spiro atoms. The van der Waals surface area contributed by atoms with Crippen LogP contribution in [0.5, 0.6) is 11.5 Å². The van der Waals surface area contributed by atoms with Crippen LogP contribution < -0.4 is 4.74 Å². The van der Waals surface area contributed by atoms with E-state index in [0.717, 1.165) is 0 Å². The van der Waals surface area contributed by atoms with Crippen molar-refractivity contribution in [2.24, 2.45) is 0 Å². The standard InChI is InChI=1S/C20H21IO5/c1-19(2,24)17(22)13-4-8-15(9-5-13)26-16-10-6-14(7-11-16)18(23)20(3,25)12-21/h4-11,24-25H,12H2,1-3H3. The second-order valence-electron chi connectivity index (χ2n) is 6.78. The fraction of sp³-hybridized carbons (Fsp3) is 0.300. The van der Waals surface area contributed by atoms with Gasteiger partial charge in [0.25, 0.3) is 0 Å². The zero-order valence-corrected chi connectivity index (χ0v) is 17.0. The van der Waals surface area contributed by atoms with Gasteiger partial charge in [-0.2, -0.15) is 0 Å². The molecule has 0 radical (unpaired) electrons. The molecule has 0 amide bonds. The van der Waals surface area contributed by atoms with E-state index in [9.17, 15) is 19.8 Å². The van der Waals surface area contributed by atoms with Gasteiger partial charge in [0.2, 0.25) is 0 Å². The van der Waals surface area contributed by atoms with E-state index in [1.165, 1.54) is 20.8 Å². The predicted molar refractivity (Wildman–Crippen MR) is 107 cm³/mol. The number of carbonyl (C=O) groups excluding carboxylic acids is 2. The van der Waals surface area contributed by atoms with Gasteiger partial charge in [-0.3, -0.25) is 9.59 Å². The first-order chi connectivity index (χ1) is 12.0. The molecule has 2 rings (SSSR count). The fourth-order valence-electron chi connectivity index (χ4n) is 2.21. The second kappa shape index (κ2) is 7.85. The van der Waals surface area contributed by atoms with Crippen molar-refractivity contribution >= 4 is 34.2 Å². The molecule has 0 fully saturated rings. The lowest BCUT2D eigenvalue weighted by atomic mass is 9.97. The monoisotopic (exact) mass is 468 g/mol. The number of carbonyl (C=O) groups is 2. The van der Waals surface area contributed by atoms with E-state index < -0.39 is 11.2 Å². The lowest BCUT2D eigenvalue weighted by Crippen LogP contribution is -2.36. The highest BCUT2D eigenvalue weighted by molar-refractivity contribution is 14.1. The number of Topliss-reactive ketones (excluding diaryl/α,β-unsaturated/α-hetero) is 2. The van der Waals surface area contributed by atoms with Gasteiger partial charge >= 0.3 is 0 Å². The molecule has 1 unspecified atom stereocenters. The third kappa shape index (κ3) is 4.90. The molecule has 1 atom stereocenters. The van der Waals surface area contributed by atoms with Crippen LogP contribution in [0.2, 0.25) is 0 Å². The van der Waals surface area contributed by atoms with Gasteiger partial charge in [0.15, 0.2) is 11.6 Å². The average molecular weight is 468 g/mol. The lowest BCUT2D eigenvalue weighted by molar-refractivity contribution is 0.0488. The van der Waals surface area contributed by atoms with E-state index in [1.807, 2.05) is 22.6 Å². The molecule has 26 heavy (non-hydrogen) atoms. The van der Waals surface area contributed by atoms with Gasteiger partial charge < -0.3 is 14.9 Å². The highest BCUT2D eigenvalue weighted by Gasteiger charge is 2.29. The van der Waals surface area contributed by atoms with Crippen LogP contribution in [0.25, 0.3) is 0 Å². The van der Waals surface area contributed by atoms with Crippen LogP contribution in [-0.4, -0.2) is 37.4 Å². The van der Waals surface area contributed by atoms with Crippen LogP contribution in [0.3, 0.4) is 0 Å². The molecule has 0 aliphatic carbocycles. The van der Waals surface area contributed by atoms with Crippen molar-refractivity contribution in [2.45, 2.75) is 32.0 Å². The largest absolute Gasteiger partial charge is 0.457 e. The molecule has 2 aromatic carbocycles. The summed E-state index contributed by atoms with van der Waals surface area (Å²) in [5, 5.41) is 19.8. The maximum Gasteiger partial charge on any atom is 0.194 e. The van der Waals surface area contributed by atoms with Crippen LogP contribution in [-0.2, 0) is 0 Å². The van der Waals surface area contributed by atoms with Gasteiger partial charge in [-0.1, -0.05) is 22.6 Å². The van der Waals surface area contributed by atoms with Gasteiger partial charge in [0.05, 0.1) is 0 Å². The van der Waals surface area contributed by atoms with Gasteiger partial charge in [-0.05, 0) is 69.3 Å². The Labute approximate surface area is 166 Å². The predicted octanol–water partition coefficient (Wildman–Crippen LogP) is 3.80. The van der Waals surface area contributed by atoms with E-state index in [4.69, 9.17) is 4.74 Å². The SMILES string of the molecule is CC(C)(O)C(=O)c1ccc(Oc2ccc(C(=O)C(C)(O)CI)cc2)cc1. The number of halogens is 1. The number of alkyl halides is 1. The van der Waals surface area contributed by atoms with E-state index in [-0.39, 0.29) is 11.6 Å². The molecule has 0 heterocycles. The highest BCUT2D eigenvalue weighted by atomic mass is 127. The first kappa shape index (κ1) is 20.5. The molecule has 5 nitrogen and oxygen atoms in total. The van der Waals surface area contributed by atoms with Gasteiger partial charge in [0, 0.05) is 15.6 Å². The van der Waals surface area contributed by atoms with Gasteiger partial charge in [0.1, 0.15) is 22.7 Å². The quantitative estimate of drug-likeness (QED) is 0.367. The first-order valence-corrected chi connectivity index (χ1v) is 9.55. The Morgan fingerprint density at radius 3 is 1.58 bits per heavy atom. The van der Waals surface area contributed by atoms with Gasteiger partial charge in [-0.25, -0.2) is 0 Å². The minimum absolute atomic E-state index is 0.303. The molecule has 0 aromatic heterocycles. The average Bonchev–Trinajstić information content (AvgIpc) is 2.61. The molecule has 6 heteroatoms. The van der Waals surface area contributed by atoms with E-state index in [0.29, 0.717) is 27.1 Å². The molecular formula is C20H21IO5. The topological polar surface area (TPSA) is 83.8 Å². The molecule has 2 aromatic rings.